The summed E-state index contributed by atoms with van der Waals surface area (Å²) >= 11 is 0. The molecule has 0 amide bonds. The van der Waals surface area contributed by atoms with Crippen LogP contribution in [0.15, 0.2) is 24.3 Å². The predicted octanol–water partition coefficient (Wildman–Crippen LogP) is 1.58. The lowest BCUT2D eigenvalue weighted by molar-refractivity contribution is -0.0324. The van der Waals surface area contributed by atoms with Crippen LogP contribution in [0.2, 0.25) is 0 Å². The van der Waals surface area contributed by atoms with Gasteiger partial charge in [0.2, 0.25) is 0 Å². The van der Waals surface area contributed by atoms with Crippen molar-refractivity contribution in [2.75, 3.05) is 164 Å². The van der Waals surface area contributed by atoms with E-state index in [4.69, 9.17) is 62.6 Å². The van der Waals surface area contributed by atoms with E-state index in [0.717, 1.165) is 25.9 Å². The number of piperidine rings is 1. The van der Waals surface area contributed by atoms with Crippen LogP contribution in [-0.2, 0) is 52.1 Å². The maximum absolute atomic E-state index is 5.82. The summed E-state index contributed by atoms with van der Waals surface area (Å²) < 4.78 is 66.3. The Hall–Kier alpha value is -1.66. The summed E-state index contributed by atoms with van der Waals surface area (Å²) in [6.45, 7) is 13.5. The topological polar surface area (TPSA) is 149 Å². The Labute approximate surface area is 281 Å². The zero-order valence-corrected chi connectivity index (χ0v) is 28.2. The molecule has 2 rings (SSSR count). The summed E-state index contributed by atoms with van der Waals surface area (Å²) in [7, 11) is 0. The van der Waals surface area contributed by atoms with E-state index in [1.54, 1.807) is 6.07 Å². The van der Waals surface area contributed by atoms with Crippen molar-refractivity contribution in [1.29, 1.82) is 0 Å². The molecular weight excluding hydrogens is 616 g/mol. The second-order valence-electron chi connectivity index (χ2n) is 10.3. The van der Waals surface area contributed by atoms with Crippen LogP contribution in [0.25, 0.3) is 0 Å². The Morgan fingerprint density at radius 1 is 0.447 bits per heavy atom. The zero-order valence-electron chi connectivity index (χ0n) is 28.2. The molecular formula is C33H60N2O12. The molecule has 274 valence electrons. The van der Waals surface area contributed by atoms with Gasteiger partial charge in [0, 0.05) is 0 Å². The molecule has 0 spiro atoms. The highest BCUT2D eigenvalue weighted by atomic mass is 16.6. The summed E-state index contributed by atoms with van der Waals surface area (Å²) in [5.41, 5.74) is 6.44. The van der Waals surface area contributed by atoms with Gasteiger partial charge in [0.15, 0.2) is 0 Å². The summed E-state index contributed by atoms with van der Waals surface area (Å²) in [4.78, 5) is 0. The molecule has 1 heterocycles. The molecule has 0 aromatic heterocycles. The Balaban J connectivity index is 1.13. The number of benzene rings is 1. The molecule has 1 aliphatic heterocycles. The van der Waals surface area contributed by atoms with Gasteiger partial charge in [-0.15, -0.1) is 0 Å². The van der Waals surface area contributed by atoms with Crippen LogP contribution in [0.4, 0.5) is 5.69 Å². The fraction of sp³-hybridized carbons (Fsp3) is 0.818. The van der Waals surface area contributed by atoms with Gasteiger partial charge in [0.1, 0.15) is 12.4 Å². The Bertz CT molecular complexity index is 792. The number of nitrogens with two attached hydrogens (primary N) is 1. The molecule has 0 bridgehead atoms. The molecule has 14 nitrogen and oxygen atoms in total. The first-order valence-corrected chi connectivity index (χ1v) is 16.9. The van der Waals surface area contributed by atoms with Gasteiger partial charge in [0.05, 0.1) is 151 Å². The maximum Gasteiger partial charge on any atom is 0.142 e. The second-order valence-corrected chi connectivity index (χ2v) is 10.3. The van der Waals surface area contributed by atoms with Gasteiger partial charge in [-0.1, -0.05) is 12.1 Å². The van der Waals surface area contributed by atoms with Gasteiger partial charge in [-0.25, -0.2) is 0 Å². The fourth-order valence-electron chi connectivity index (χ4n) is 4.14. The third-order valence-electron chi connectivity index (χ3n) is 6.62. The van der Waals surface area contributed by atoms with E-state index in [1.807, 2.05) is 18.2 Å². The van der Waals surface area contributed by atoms with Crippen LogP contribution in [0.3, 0.4) is 0 Å². The molecule has 0 atom stereocenters. The number of hydrogen-bond donors (Lipinski definition) is 2. The smallest absolute Gasteiger partial charge is 0.142 e. The van der Waals surface area contributed by atoms with Crippen molar-refractivity contribution in [3.63, 3.8) is 0 Å². The van der Waals surface area contributed by atoms with Crippen LogP contribution in [0, 0.1) is 0 Å². The number of para-hydroxylation sites is 2. The van der Waals surface area contributed by atoms with Gasteiger partial charge in [-0.05, 0) is 38.1 Å². The summed E-state index contributed by atoms with van der Waals surface area (Å²) in [5.74, 6) is 0.670. The van der Waals surface area contributed by atoms with E-state index >= 15 is 0 Å². The highest BCUT2D eigenvalue weighted by Crippen LogP contribution is 2.19. The first-order valence-electron chi connectivity index (χ1n) is 16.9. The minimum absolute atomic E-state index is 0.370. The van der Waals surface area contributed by atoms with Crippen LogP contribution in [0.1, 0.15) is 12.8 Å². The SMILES string of the molecule is Nc1ccccc1OCCOCCOCCOCCOCCOCCOCCOCCOCCOCCOCCOC1CCNCC1. The molecule has 3 N–H and O–H groups in total. The molecule has 0 aliphatic carbocycles. The van der Waals surface area contributed by atoms with E-state index in [9.17, 15) is 0 Å². The van der Waals surface area contributed by atoms with E-state index in [-0.39, 0.29) is 0 Å². The van der Waals surface area contributed by atoms with Crippen molar-refractivity contribution in [1.82, 2.24) is 5.32 Å². The lowest BCUT2D eigenvalue weighted by atomic mass is 10.1. The summed E-state index contributed by atoms with van der Waals surface area (Å²) in [6.07, 6.45) is 2.53. The number of nitrogens with one attached hydrogen (secondary N) is 1. The lowest BCUT2D eigenvalue weighted by Gasteiger charge is -2.22. The van der Waals surface area contributed by atoms with Crippen molar-refractivity contribution < 1.29 is 56.8 Å². The van der Waals surface area contributed by atoms with Crippen molar-refractivity contribution in [3.8, 4) is 5.75 Å². The molecule has 14 heteroatoms. The van der Waals surface area contributed by atoms with Crippen LogP contribution < -0.4 is 15.8 Å². The largest absolute Gasteiger partial charge is 0.489 e. The summed E-state index contributed by atoms with van der Waals surface area (Å²) in [6, 6.07) is 7.38. The average molecular weight is 677 g/mol. The molecule has 0 saturated carbocycles. The zero-order chi connectivity index (χ0) is 33.1. The molecule has 47 heavy (non-hydrogen) atoms. The normalized spacial score (nSPS) is 13.8. The molecule has 1 aliphatic rings. The molecule has 0 unspecified atom stereocenters. The standard InChI is InChI=1S/C33H60N2O12/c34-32-3-1-2-4-33(32)47-30-28-45-26-24-43-22-20-41-18-16-39-14-12-37-10-9-36-11-13-38-15-17-40-19-21-42-23-25-44-27-29-46-31-5-7-35-8-6-31/h1-4,31,35H,5-30,34H2. The fourth-order valence-corrected chi connectivity index (χ4v) is 4.14. The molecule has 1 aromatic carbocycles. The van der Waals surface area contributed by atoms with Crippen LogP contribution >= 0.6 is 0 Å². The minimum Gasteiger partial charge on any atom is -0.489 e. The first-order chi connectivity index (χ1) is 23.4. The minimum atomic E-state index is 0.370. The van der Waals surface area contributed by atoms with Gasteiger partial charge in [0.25, 0.3) is 0 Å². The maximum atomic E-state index is 5.82. The highest BCUT2D eigenvalue weighted by molar-refractivity contribution is 5.51. The lowest BCUT2D eigenvalue weighted by Crippen LogP contribution is -2.33. The van der Waals surface area contributed by atoms with Crippen molar-refractivity contribution in [2.24, 2.45) is 0 Å². The van der Waals surface area contributed by atoms with E-state index in [0.29, 0.717) is 163 Å². The monoisotopic (exact) mass is 676 g/mol. The van der Waals surface area contributed by atoms with Gasteiger partial charge < -0.3 is 67.9 Å². The Morgan fingerprint density at radius 2 is 0.766 bits per heavy atom. The third kappa shape index (κ3) is 26.9. The molecule has 0 radical (unpaired) electrons. The predicted molar refractivity (Wildman–Crippen MR) is 176 cm³/mol. The van der Waals surface area contributed by atoms with E-state index in [1.165, 1.54) is 0 Å². The number of anilines is 1. The number of hydrogen-bond acceptors (Lipinski definition) is 14. The number of nitrogen functional groups attached to an aromatic ring is 1. The molecule has 1 saturated heterocycles. The van der Waals surface area contributed by atoms with Crippen molar-refractivity contribution in [2.45, 2.75) is 18.9 Å². The second kappa shape index (κ2) is 32.9. The molecule has 1 fully saturated rings. The first kappa shape index (κ1) is 41.5. The number of ether oxygens (including phenoxy) is 12. The van der Waals surface area contributed by atoms with Gasteiger partial charge in [-0.3, -0.25) is 0 Å². The highest BCUT2D eigenvalue weighted by Gasteiger charge is 2.12. The van der Waals surface area contributed by atoms with Crippen molar-refractivity contribution in [3.05, 3.63) is 24.3 Å². The van der Waals surface area contributed by atoms with Crippen LogP contribution in [0.5, 0.6) is 5.75 Å². The van der Waals surface area contributed by atoms with Gasteiger partial charge >= 0.3 is 0 Å². The molecule has 1 aromatic rings. The number of rotatable bonds is 35. The Kier molecular flexibility index (Phi) is 29.0. The third-order valence-corrected chi connectivity index (χ3v) is 6.62. The Morgan fingerprint density at radius 3 is 1.13 bits per heavy atom. The summed E-state index contributed by atoms with van der Waals surface area (Å²) in [5, 5.41) is 3.33. The van der Waals surface area contributed by atoms with Gasteiger partial charge in [-0.2, -0.15) is 0 Å². The van der Waals surface area contributed by atoms with Crippen LogP contribution in [-0.4, -0.2) is 165 Å². The average Bonchev–Trinajstić information content (AvgIpc) is 3.09. The quantitative estimate of drug-likeness (QED) is 0.0792. The van der Waals surface area contributed by atoms with E-state index < -0.39 is 0 Å². The van der Waals surface area contributed by atoms with E-state index in [2.05, 4.69) is 5.32 Å². The van der Waals surface area contributed by atoms with Crippen molar-refractivity contribution >= 4 is 5.69 Å².